The molecule has 30 heavy (non-hydrogen) atoms. The number of benzene rings is 2. The number of carbonyl (C=O) groups excluding carboxylic acids is 1. The molecule has 0 saturated carbocycles. The van der Waals surface area contributed by atoms with Crippen LogP contribution in [0.25, 0.3) is 0 Å². The molecule has 0 unspecified atom stereocenters. The third kappa shape index (κ3) is 4.36. The van der Waals surface area contributed by atoms with Crippen LogP contribution < -0.4 is 11.1 Å². The second-order valence-electron chi connectivity index (χ2n) is 7.07. The highest BCUT2D eigenvalue weighted by Gasteiger charge is 2.13. The van der Waals surface area contributed by atoms with Crippen molar-refractivity contribution >= 4 is 5.78 Å². The molecule has 0 aliphatic carbocycles. The molecule has 2 aromatic heterocycles. The summed E-state index contributed by atoms with van der Waals surface area (Å²) in [6, 6.07) is 25.0. The van der Waals surface area contributed by atoms with Crippen LogP contribution >= 0.6 is 0 Å². The lowest BCUT2D eigenvalue weighted by atomic mass is 10.1. The van der Waals surface area contributed by atoms with Gasteiger partial charge in [-0.2, -0.15) is 0 Å². The molecule has 0 bridgehead atoms. The highest BCUT2D eigenvalue weighted by atomic mass is 16.1. The Balaban J connectivity index is 1.63. The van der Waals surface area contributed by atoms with E-state index in [1.54, 1.807) is 12.4 Å². The molecule has 2 heterocycles. The van der Waals surface area contributed by atoms with Crippen LogP contribution in [0, 0.1) is 0 Å². The number of ketones is 1. The van der Waals surface area contributed by atoms with Crippen molar-refractivity contribution < 1.29 is 4.79 Å². The second kappa shape index (κ2) is 8.57. The predicted molar refractivity (Wildman–Crippen MR) is 116 cm³/mol. The summed E-state index contributed by atoms with van der Waals surface area (Å²) < 4.78 is 3.03. The van der Waals surface area contributed by atoms with E-state index in [0.29, 0.717) is 24.2 Å². The van der Waals surface area contributed by atoms with Crippen LogP contribution in [-0.4, -0.2) is 14.9 Å². The molecule has 4 aromatic rings. The molecule has 0 spiro atoms. The van der Waals surface area contributed by atoms with Crippen LogP contribution in [0.15, 0.2) is 107 Å². The van der Waals surface area contributed by atoms with E-state index in [1.165, 1.54) is 33.4 Å². The minimum atomic E-state index is -0.237. The Kier molecular flexibility index (Phi) is 5.52. The van der Waals surface area contributed by atoms with Crippen LogP contribution in [0.2, 0.25) is 0 Å². The SMILES string of the molecule is O=C(c1ccc(=O)n(Cc2ccccc2)c1)c1ccc(=O)n(Cc2ccccc2)c1. The van der Waals surface area contributed by atoms with Gasteiger partial charge in [0.15, 0.2) is 5.78 Å². The molecular formula is C25H20N2O3. The number of aromatic nitrogens is 2. The molecule has 0 radical (unpaired) electrons. The van der Waals surface area contributed by atoms with Gasteiger partial charge in [-0.1, -0.05) is 60.7 Å². The van der Waals surface area contributed by atoms with E-state index < -0.39 is 0 Å². The summed E-state index contributed by atoms with van der Waals surface area (Å²) in [6.45, 7) is 0.766. The van der Waals surface area contributed by atoms with Gasteiger partial charge in [0.25, 0.3) is 11.1 Å². The van der Waals surface area contributed by atoms with Gasteiger partial charge in [0.05, 0.1) is 13.1 Å². The molecule has 2 aromatic carbocycles. The smallest absolute Gasteiger partial charge is 0.250 e. The first-order valence-electron chi connectivity index (χ1n) is 9.64. The van der Waals surface area contributed by atoms with Crippen LogP contribution in [0.4, 0.5) is 0 Å². The van der Waals surface area contributed by atoms with E-state index in [4.69, 9.17) is 0 Å². The molecule has 0 fully saturated rings. The molecule has 0 aliphatic rings. The Labute approximate surface area is 173 Å². The van der Waals surface area contributed by atoms with Gasteiger partial charge in [0, 0.05) is 35.7 Å². The van der Waals surface area contributed by atoms with Gasteiger partial charge in [-0.15, -0.1) is 0 Å². The van der Waals surface area contributed by atoms with Gasteiger partial charge in [-0.3, -0.25) is 14.4 Å². The molecular weight excluding hydrogens is 376 g/mol. The van der Waals surface area contributed by atoms with Crippen LogP contribution in [0.5, 0.6) is 0 Å². The standard InChI is InChI=1S/C25H20N2O3/c28-23-13-11-21(17-26(23)15-19-7-3-1-4-8-19)25(30)22-12-14-24(29)27(18-22)16-20-9-5-2-6-10-20/h1-14,17-18H,15-16H2. The highest BCUT2D eigenvalue weighted by molar-refractivity contribution is 6.08. The summed E-state index contributed by atoms with van der Waals surface area (Å²) in [4.78, 5) is 37.5. The van der Waals surface area contributed by atoms with Crippen molar-refractivity contribution in [3.63, 3.8) is 0 Å². The van der Waals surface area contributed by atoms with Gasteiger partial charge in [0.2, 0.25) is 0 Å². The first kappa shape index (κ1) is 19.3. The second-order valence-corrected chi connectivity index (χ2v) is 7.07. The molecule has 5 nitrogen and oxygen atoms in total. The molecule has 0 N–H and O–H groups in total. The zero-order chi connectivity index (χ0) is 20.9. The van der Waals surface area contributed by atoms with E-state index >= 15 is 0 Å². The fourth-order valence-corrected chi connectivity index (χ4v) is 3.31. The molecule has 4 rings (SSSR count). The van der Waals surface area contributed by atoms with E-state index in [9.17, 15) is 14.4 Å². The summed E-state index contributed by atoms with van der Waals surface area (Å²) in [5.74, 6) is -0.237. The Hall–Kier alpha value is -3.99. The summed E-state index contributed by atoms with van der Waals surface area (Å²) in [6.07, 6.45) is 3.15. The molecule has 5 heteroatoms. The maximum absolute atomic E-state index is 13.0. The zero-order valence-corrected chi connectivity index (χ0v) is 16.3. The first-order valence-corrected chi connectivity index (χ1v) is 9.64. The average molecular weight is 396 g/mol. The van der Waals surface area contributed by atoms with E-state index in [0.717, 1.165) is 11.1 Å². The summed E-state index contributed by atoms with van der Waals surface area (Å²) in [5.41, 5.74) is 2.39. The number of nitrogens with zero attached hydrogens (tertiary/aromatic N) is 2. The quantitative estimate of drug-likeness (QED) is 0.470. The summed E-state index contributed by atoms with van der Waals surface area (Å²) >= 11 is 0. The Morgan fingerprint density at radius 1 is 0.567 bits per heavy atom. The lowest BCUT2D eigenvalue weighted by molar-refractivity contribution is 0.103. The average Bonchev–Trinajstić information content (AvgIpc) is 2.78. The lowest BCUT2D eigenvalue weighted by Crippen LogP contribution is -2.23. The van der Waals surface area contributed by atoms with Crippen LogP contribution in [0.1, 0.15) is 27.0 Å². The van der Waals surface area contributed by atoms with Crippen molar-refractivity contribution in [3.05, 3.63) is 140 Å². The monoisotopic (exact) mass is 396 g/mol. The van der Waals surface area contributed by atoms with Gasteiger partial charge in [0.1, 0.15) is 0 Å². The van der Waals surface area contributed by atoms with Crippen LogP contribution in [0.3, 0.4) is 0 Å². The highest BCUT2D eigenvalue weighted by Crippen LogP contribution is 2.10. The fraction of sp³-hybridized carbons (Fsp3) is 0.0800. The lowest BCUT2D eigenvalue weighted by Gasteiger charge is -2.10. The largest absolute Gasteiger partial charge is 0.310 e. The molecule has 148 valence electrons. The summed E-state index contributed by atoms with van der Waals surface area (Å²) in [5, 5.41) is 0. The zero-order valence-electron chi connectivity index (χ0n) is 16.3. The van der Waals surface area contributed by atoms with Crippen molar-refractivity contribution in [1.82, 2.24) is 9.13 Å². The van der Waals surface area contributed by atoms with Crippen molar-refractivity contribution in [2.24, 2.45) is 0 Å². The molecule has 0 saturated heterocycles. The first-order chi connectivity index (χ1) is 14.6. The fourth-order valence-electron chi connectivity index (χ4n) is 3.31. The topological polar surface area (TPSA) is 61.1 Å². The minimum absolute atomic E-state index is 0.176. The maximum atomic E-state index is 13.0. The van der Waals surface area contributed by atoms with Crippen molar-refractivity contribution in [3.8, 4) is 0 Å². The number of pyridine rings is 2. The van der Waals surface area contributed by atoms with Gasteiger partial charge < -0.3 is 9.13 Å². The number of hydrogen-bond donors (Lipinski definition) is 0. The van der Waals surface area contributed by atoms with E-state index in [-0.39, 0.29) is 16.9 Å². The maximum Gasteiger partial charge on any atom is 0.250 e. The van der Waals surface area contributed by atoms with Gasteiger partial charge >= 0.3 is 0 Å². The Bertz CT molecular complexity index is 1190. The van der Waals surface area contributed by atoms with E-state index in [1.807, 2.05) is 60.7 Å². The van der Waals surface area contributed by atoms with Crippen molar-refractivity contribution in [1.29, 1.82) is 0 Å². The third-order valence-corrected chi connectivity index (χ3v) is 4.88. The number of hydrogen-bond acceptors (Lipinski definition) is 3. The summed E-state index contributed by atoms with van der Waals surface area (Å²) in [7, 11) is 0. The Morgan fingerprint density at radius 2 is 0.967 bits per heavy atom. The van der Waals surface area contributed by atoms with Gasteiger partial charge in [-0.25, -0.2) is 0 Å². The number of rotatable bonds is 6. The number of carbonyl (C=O) groups is 1. The van der Waals surface area contributed by atoms with Crippen molar-refractivity contribution in [2.45, 2.75) is 13.1 Å². The van der Waals surface area contributed by atoms with Crippen molar-refractivity contribution in [2.75, 3.05) is 0 Å². The molecule has 0 amide bonds. The van der Waals surface area contributed by atoms with Crippen LogP contribution in [-0.2, 0) is 13.1 Å². The molecule has 0 atom stereocenters. The predicted octanol–water partition coefficient (Wildman–Crippen LogP) is 3.34. The Morgan fingerprint density at radius 3 is 1.37 bits per heavy atom. The van der Waals surface area contributed by atoms with E-state index in [2.05, 4.69) is 0 Å². The minimum Gasteiger partial charge on any atom is -0.310 e. The van der Waals surface area contributed by atoms with Gasteiger partial charge in [-0.05, 0) is 23.3 Å². The third-order valence-electron chi connectivity index (χ3n) is 4.88. The normalized spacial score (nSPS) is 10.7. The molecule has 0 aliphatic heterocycles.